The number of rotatable bonds is 2. The monoisotopic (exact) mass is 115 g/mol. The third kappa shape index (κ3) is 5.01. The molecule has 0 heterocycles. The van der Waals surface area contributed by atoms with Gasteiger partial charge in [-0.1, -0.05) is 0 Å². The SMILES string of the molecule is CN/C=C/OC(C)=O. The third-order valence-electron chi connectivity index (χ3n) is 0.469. The summed E-state index contributed by atoms with van der Waals surface area (Å²) in [4.78, 5) is 10.0. The summed E-state index contributed by atoms with van der Waals surface area (Å²) in [5.41, 5.74) is 0. The standard InChI is InChI=1S/C5H9NO2/c1-5(7)8-4-3-6-2/h3-4,6H,1-2H3/b4-3+. The zero-order valence-electron chi connectivity index (χ0n) is 4.97. The molecule has 0 saturated heterocycles. The highest BCUT2D eigenvalue weighted by atomic mass is 16.5. The molecule has 1 N–H and O–H groups in total. The number of ether oxygens (including phenoxy) is 1. The second kappa shape index (κ2) is 4.18. The van der Waals surface area contributed by atoms with Gasteiger partial charge in [-0.05, 0) is 0 Å². The highest BCUT2D eigenvalue weighted by Crippen LogP contribution is 1.74. The molecule has 0 fully saturated rings. The Morgan fingerprint density at radius 3 is 2.75 bits per heavy atom. The molecule has 0 aliphatic carbocycles. The summed E-state index contributed by atoms with van der Waals surface area (Å²) in [6.07, 6.45) is 2.82. The van der Waals surface area contributed by atoms with Gasteiger partial charge in [-0.3, -0.25) is 4.79 Å². The van der Waals surface area contributed by atoms with Gasteiger partial charge in [-0.15, -0.1) is 0 Å². The molecule has 0 unspecified atom stereocenters. The predicted octanol–water partition coefficient (Wildman–Crippen LogP) is 0.240. The van der Waals surface area contributed by atoms with E-state index in [1.165, 1.54) is 19.4 Å². The fourth-order valence-electron chi connectivity index (χ4n) is 0.198. The quantitative estimate of drug-likeness (QED) is 0.414. The average molecular weight is 115 g/mol. The van der Waals surface area contributed by atoms with Crippen molar-refractivity contribution in [1.82, 2.24) is 5.32 Å². The molecule has 0 atom stereocenters. The molecular formula is C5H9NO2. The average Bonchev–Trinajstić information content (AvgIpc) is 1.66. The van der Waals surface area contributed by atoms with Crippen LogP contribution in [0.5, 0.6) is 0 Å². The summed E-state index contributed by atoms with van der Waals surface area (Å²) in [5.74, 6) is -0.309. The Bertz CT molecular complexity index is 98.6. The minimum atomic E-state index is -0.309. The lowest BCUT2D eigenvalue weighted by molar-refractivity contribution is -0.135. The van der Waals surface area contributed by atoms with Crippen molar-refractivity contribution in [2.24, 2.45) is 0 Å². The van der Waals surface area contributed by atoms with Crippen molar-refractivity contribution < 1.29 is 9.53 Å². The molecule has 3 nitrogen and oxygen atoms in total. The van der Waals surface area contributed by atoms with E-state index in [-0.39, 0.29) is 5.97 Å². The fourth-order valence-corrected chi connectivity index (χ4v) is 0.198. The molecular weight excluding hydrogens is 106 g/mol. The van der Waals surface area contributed by atoms with Crippen LogP contribution < -0.4 is 5.32 Å². The highest BCUT2D eigenvalue weighted by Gasteiger charge is 1.81. The van der Waals surface area contributed by atoms with Crippen LogP contribution in [-0.2, 0) is 9.53 Å². The van der Waals surface area contributed by atoms with Crippen molar-refractivity contribution in [1.29, 1.82) is 0 Å². The Morgan fingerprint density at radius 1 is 1.75 bits per heavy atom. The van der Waals surface area contributed by atoms with E-state index in [4.69, 9.17) is 0 Å². The number of hydrogen-bond acceptors (Lipinski definition) is 3. The van der Waals surface area contributed by atoms with Crippen molar-refractivity contribution in [2.75, 3.05) is 7.05 Å². The first-order chi connectivity index (χ1) is 3.77. The zero-order valence-corrected chi connectivity index (χ0v) is 4.97. The maximum Gasteiger partial charge on any atom is 0.307 e. The molecule has 8 heavy (non-hydrogen) atoms. The molecule has 0 aromatic carbocycles. The molecule has 0 aromatic rings. The van der Waals surface area contributed by atoms with Gasteiger partial charge in [0.25, 0.3) is 0 Å². The molecule has 0 aliphatic rings. The number of carbonyl (C=O) groups is 1. The zero-order chi connectivity index (χ0) is 6.41. The summed E-state index contributed by atoms with van der Waals surface area (Å²) < 4.78 is 4.40. The third-order valence-corrected chi connectivity index (χ3v) is 0.469. The van der Waals surface area contributed by atoms with Crippen LogP contribution in [0.15, 0.2) is 12.5 Å². The first kappa shape index (κ1) is 7.01. The number of hydrogen-bond donors (Lipinski definition) is 1. The Balaban J connectivity index is 3.16. The largest absolute Gasteiger partial charge is 0.433 e. The molecule has 0 radical (unpaired) electrons. The van der Waals surface area contributed by atoms with E-state index in [0.717, 1.165) is 0 Å². The topological polar surface area (TPSA) is 38.3 Å². The van der Waals surface area contributed by atoms with Gasteiger partial charge >= 0.3 is 5.97 Å². The second-order valence-corrected chi connectivity index (χ2v) is 1.20. The summed E-state index contributed by atoms with van der Waals surface area (Å²) in [6, 6.07) is 0. The highest BCUT2D eigenvalue weighted by molar-refractivity contribution is 5.66. The van der Waals surface area contributed by atoms with E-state index in [0.29, 0.717) is 0 Å². The lowest BCUT2D eigenvalue weighted by atomic mass is 10.8. The normalized spacial score (nSPS) is 9.25. The van der Waals surface area contributed by atoms with E-state index < -0.39 is 0 Å². The van der Waals surface area contributed by atoms with Gasteiger partial charge in [0.05, 0.1) is 0 Å². The molecule has 0 aromatic heterocycles. The van der Waals surface area contributed by atoms with E-state index in [9.17, 15) is 4.79 Å². The molecule has 0 spiro atoms. The Kier molecular flexibility index (Phi) is 3.66. The van der Waals surface area contributed by atoms with Crippen LogP contribution in [0.25, 0.3) is 0 Å². The molecule has 0 bridgehead atoms. The first-order valence-corrected chi connectivity index (χ1v) is 2.27. The van der Waals surface area contributed by atoms with Gasteiger partial charge in [-0.2, -0.15) is 0 Å². The van der Waals surface area contributed by atoms with Gasteiger partial charge in [-0.25, -0.2) is 0 Å². The van der Waals surface area contributed by atoms with Crippen LogP contribution in [-0.4, -0.2) is 13.0 Å². The van der Waals surface area contributed by atoms with Crippen LogP contribution in [0.4, 0.5) is 0 Å². The van der Waals surface area contributed by atoms with Crippen LogP contribution in [0.3, 0.4) is 0 Å². The first-order valence-electron chi connectivity index (χ1n) is 2.27. The van der Waals surface area contributed by atoms with E-state index in [2.05, 4.69) is 10.1 Å². The van der Waals surface area contributed by atoms with Crippen LogP contribution in [0.1, 0.15) is 6.92 Å². The molecule has 46 valence electrons. The lowest BCUT2D eigenvalue weighted by Crippen LogP contribution is -1.95. The van der Waals surface area contributed by atoms with Crippen molar-refractivity contribution in [3.05, 3.63) is 12.5 Å². The van der Waals surface area contributed by atoms with Gasteiger partial charge < -0.3 is 10.1 Å². The number of nitrogens with one attached hydrogen (secondary N) is 1. The molecule has 3 heteroatoms. The van der Waals surface area contributed by atoms with Crippen molar-refractivity contribution in [2.45, 2.75) is 6.92 Å². The van der Waals surface area contributed by atoms with Crippen LogP contribution >= 0.6 is 0 Å². The van der Waals surface area contributed by atoms with Gasteiger partial charge in [0.2, 0.25) is 0 Å². The minimum absolute atomic E-state index is 0.309. The fraction of sp³-hybridized carbons (Fsp3) is 0.400. The molecule has 0 rings (SSSR count). The second-order valence-electron chi connectivity index (χ2n) is 1.20. The van der Waals surface area contributed by atoms with Crippen molar-refractivity contribution in [3.8, 4) is 0 Å². The van der Waals surface area contributed by atoms with Crippen molar-refractivity contribution >= 4 is 5.97 Å². The summed E-state index contributed by atoms with van der Waals surface area (Å²) in [5, 5.41) is 2.67. The van der Waals surface area contributed by atoms with Gasteiger partial charge in [0.15, 0.2) is 0 Å². The van der Waals surface area contributed by atoms with Gasteiger partial charge in [0, 0.05) is 20.2 Å². The summed E-state index contributed by atoms with van der Waals surface area (Å²) >= 11 is 0. The maximum absolute atomic E-state index is 10.0. The Labute approximate surface area is 48.3 Å². The Morgan fingerprint density at radius 2 is 2.38 bits per heavy atom. The predicted molar refractivity (Wildman–Crippen MR) is 30.0 cm³/mol. The Hall–Kier alpha value is -0.990. The van der Waals surface area contributed by atoms with E-state index >= 15 is 0 Å². The summed E-state index contributed by atoms with van der Waals surface area (Å²) in [6.45, 7) is 1.35. The summed E-state index contributed by atoms with van der Waals surface area (Å²) in [7, 11) is 1.72. The lowest BCUT2D eigenvalue weighted by Gasteiger charge is -1.88. The minimum Gasteiger partial charge on any atom is -0.433 e. The molecule has 0 amide bonds. The van der Waals surface area contributed by atoms with Gasteiger partial charge in [0.1, 0.15) is 6.26 Å². The van der Waals surface area contributed by atoms with Crippen LogP contribution in [0.2, 0.25) is 0 Å². The van der Waals surface area contributed by atoms with E-state index in [1.54, 1.807) is 7.05 Å². The number of esters is 1. The van der Waals surface area contributed by atoms with E-state index in [1.807, 2.05) is 0 Å². The smallest absolute Gasteiger partial charge is 0.307 e. The molecule has 0 saturated carbocycles. The van der Waals surface area contributed by atoms with Crippen LogP contribution in [0, 0.1) is 0 Å². The molecule has 0 aliphatic heterocycles. The maximum atomic E-state index is 10.0. The van der Waals surface area contributed by atoms with Crippen molar-refractivity contribution in [3.63, 3.8) is 0 Å². The number of carbonyl (C=O) groups excluding carboxylic acids is 1.